The Kier molecular flexibility index (Phi) is 6.25. The van der Waals surface area contributed by atoms with E-state index in [1.807, 2.05) is 11.6 Å². The summed E-state index contributed by atoms with van der Waals surface area (Å²) in [5, 5.41) is 4.44. The molecule has 0 fully saturated rings. The van der Waals surface area contributed by atoms with Gasteiger partial charge in [0.25, 0.3) is 0 Å². The van der Waals surface area contributed by atoms with Gasteiger partial charge in [-0.2, -0.15) is 5.10 Å². The van der Waals surface area contributed by atoms with Crippen molar-refractivity contribution in [2.75, 3.05) is 7.11 Å². The zero-order chi connectivity index (χ0) is 14.3. The number of methoxy groups -OCH3 is 1. The summed E-state index contributed by atoms with van der Waals surface area (Å²) in [6.45, 7) is 4.91. The second-order valence-electron chi connectivity index (χ2n) is 4.41. The highest BCUT2D eigenvalue weighted by Gasteiger charge is 2.10. The number of aryl methyl sites for hydroxylation is 3. The number of Topliss-reactive ketones (excluding diaryl/α,β-unsaturated/α-hetero) is 1. The maximum atomic E-state index is 11.7. The SMILES string of the molecule is CCc1cc(CCC(=O)CCC(=O)OC)n(CC)n1. The summed E-state index contributed by atoms with van der Waals surface area (Å²) < 4.78 is 6.45. The molecule has 0 radical (unpaired) electrons. The summed E-state index contributed by atoms with van der Waals surface area (Å²) in [4.78, 5) is 22.6. The van der Waals surface area contributed by atoms with Gasteiger partial charge in [0, 0.05) is 25.1 Å². The summed E-state index contributed by atoms with van der Waals surface area (Å²) in [7, 11) is 1.33. The number of aromatic nitrogens is 2. The highest BCUT2D eigenvalue weighted by Crippen LogP contribution is 2.09. The molecule has 0 atom stereocenters. The Balaban J connectivity index is 2.45. The topological polar surface area (TPSA) is 61.2 Å². The second-order valence-corrected chi connectivity index (χ2v) is 4.41. The molecule has 0 unspecified atom stereocenters. The van der Waals surface area contributed by atoms with Crippen LogP contribution in [0.2, 0.25) is 0 Å². The van der Waals surface area contributed by atoms with Crippen LogP contribution in [0.4, 0.5) is 0 Å². The van der Waals surface area contributed by atoms with Crippen LogP contribution in [0.1, 0.15) is 44.5 Å². The Hall–Kier alpha value is -1.65. The van der Waals surface area contributed by atoms with E-state index >= 15 is 0 Å². The van der Waals surface area contributed by atoms with Gasteiger partial charge in [0.05, 0.1) is 19.2 Å². The number of nitrogens with zero attached hydrogens (tertiary/aromatic N) is 2. The molecule has 0 N–H and O–H groups in total. The molecular weight excluding hydrogens is 244 g/mol. The zero-order valence-corrected chi connectivity index (χ0v) is 11.9. The lowest BCUT2D eigenvalue weighted by Crippen LogP contribution is -2.08. The molecule has 19 heavy (non-hydrogen) atoms. The Bertz CT molecular complexity index is 438. The van der Waals surface area contributed by atoms with Crippen molar-refractivity contribution >= 4 is 11.8 Å². The summed E-state index contributed by atoms with van der Waals surface area (Å²) in [6, 6.07) is 2.05. The predicted octanol–water partition coefficient (Wildman–Crippen LogP) is 1.92. The van der Waals surface area contributed by atoms with Crippen molar-refractivity contribution in [1.29, 1.82) is 0 Å². The van der Waals surface area contributed by atoms with Gasteiger partial charge < -0.3 is 4.74 Å². The van der Waals surface area contributed by atoms with Crippen molar-refractivity contribution in [3.05, 3.63) is 17.5 Å². The van der Waals surface area contributed by atoms with Crippen LogP contribution in [0.15, 0.2) is 6.07 Å². The molecule has 5 nitrogen and oxygen atoms in total. The van der Waals surface area contributed by atoms with E-state index in [-0.39, 0.29) is 24.6 Å². The third kappa shape index (κ3) is 4.85. The molecule has 1 heterocycles. The average molecular weight is 266 g/mol. The van der Waals surface area contributed by atoms with E-state index in [0.29, 0.717) is 12.8 Å². The number of ketones is 1. The van der Waals surface area contributed by atoms with Gasteiger partial charge >= 0.3 is 5.97 Å². The largest absolute Gasteiger partial charge is 0.469 e. The quantitative estimate of drug-likeness (QED) is 0.674. The predicted molar refractivity (Wildman–Crippen MR) is 71.9 cm³/mol. The van der Waals surface area contributed by atoms with Gasteiger partial charge in [0.1, 0.15) is 5.78 Å². The highest BCUT2D eigenvalue weighted by atomic mass is 16.5. The molecule has 0 aliphatic rings. The lowest BCUT2D eigenvalue weighted by atomic mass is 10.1. The van der Waals surface area contributed by atoms with Gasteiger partial charge in [-0.1, -0.05) is 6.92 Å². The first kappa shape index (κ1) is 15.4. The average Bonchev–Trinajstić information content (AvgIpc) is 2.84. The minimum atomic E-state index is -0.333. The van der Waals surface area contributed by atoms with E-state index in [4.69, 9.17) is 0 Å². The van der Waals surface area contributed by atoms with E-state index in [1.165, 1.54) is 7.11 Å². The maximum absolute atomic E-state index is 11.7. The van der Waals surface area contributed by atoms with E-state index in [9.17, 15) is 9.59 Å². The Labute approximate surface area is 113 Å². The van der Waals surface area contributed by atoms with Crippen LogP contribution in [-0.4, -0.2) is 28.6 Å². The standard InChI is InChI=1S/C14H22N2O3/c1-4-11-10-12(16(5-2)15-11)6-7-13(17)8-9-14(18)19-3/h10H,4-9H2,1-3H3. The van der Waals surface area contributed by atoms with E-state index in [1.54, 1.807) is 0 Å². The van der Waals surface area contributed by atoms with Gasteiger partial charge in [-0.15, -0.1) is 0 Å². The minimum absolute atomic E-state index is 0.0901. The molecule has 0 amide bonds. The minimum Gasteiger partial charge on any atom is -0.469 e. The number of hydrogen-bond donors (Lipinski definition) is 0. The van der Waals surface area contributed by atoms with Crippen molar-refractivity contribution in [3.8, 4) is 0 Å². The number of rotatable bonds is 8. The summed E-state index contributed by atoms with van der Waals surface area (Å²) in [5.41, 5.74) is 2.14. The lowest BCUT2D eigenvalue weighted by Gasteiger charge is -2.04. The van der Waals surface area contributed by atoms with E-state index in [2.05, 4.69) is 22.8 Å². The number of ether oxygens (including phenoxy) is 1. The fourth-order valence-electron chi connectivity index (χ4n) is 1.90. The number of esters is 1. The Morgan fingerprint density at radius 1 is 1.26 bits per heavy atom. The van der Waals surface area contributed by atoms with Gasteiger partial charge in [0.15, 0.2) is 0 Å². The molecule has 0 saturated heterocycles. The van der Waals surface area contributed by atoms with Crippen LogP contribution in [0.3, 0.4) is 0 Å². The van der Waals surface area contributed by atoms with Crippen molar-refractivity contribution < 1.29 is 14.3 Å². The molecular formula is C14H22N2O3. The lowest BCUT2D eigenvalue weighted by molar-refractivity contribution is -0.141. The fourth-order valence-corrected chi connectivity index (χ4v) is 1.90. The third-order valence-electron chi connectivity index (χ3n) is 3.07. The van der Waals surface area contributed by atoms with E-state index < -0.39 is 0 Å². The van der Waals surface area contributed by atoms with Crippen molar-refractivity contribution in [2.45, 2.75) is 52.5 Å². The number of carbonyl (C=O) groups is 2. The molecule has 5 heteroatoms. The molecule has 0 aliphatic heterocycles. The summed E-state index contributed by atoms with van der Waals surface area (Å²) in [6.07, 6.45) is 2.46. The normalized spacial score (nSPS) is 10.5. The van der Waals surface area contributed by atoms with Gasteiger partial charge in [0.2, 0.25) is 0 Å². The first-order valence-electron chi connectivity index (χ1n) is 6.74. The zero-order valence-electron chi connectivity index (χ0n) is 11.9. The Morgan fingerprint density at radius 2 is 2.00 bits per heavy atom. The third-order valence-corrected chi connectivity index (χ3v) is 3.07. The fraction of sp³-hybridized carbons (Fsp3) is 0.643. The van der Waals surface area contributed by atoms with Crippen LogP contribution in [0.25, 0.3) is 0 Å². The first-order valence-corrected chi connectivity index (χ1v) is 6.74. The van der Waals surface area contributed by atoms with E-state index in [0.717, 1.165) is 24.4 Å². The smallest absolute Gasteiger partial charge is 0.305 e. The summed E-state index contributed by atoms with van der Waals surface area (Å²) >= 11 is 0. The molecule has 106 valence electrons. The van der Waals surface area contributed by atoms with Crippen molar-refractivity contribution in [3.63, 3.8) is 0 Å². The van der Waals surface area contributed by atoms with Crippen LogP contribution in [0.5, 0.6) is 0 Å². The second kappa shape index (κ2) is 7.71. The van der Waals surface area contributed by atoms with Crippen molar-refractivity contribution in [1.82, 2.24) is 9.78 Å². The number of carbonyl (C=O) groups excluding carboxylic acids is 2. The maximum Gasteiger partial charge on any atom is 0.305 e. The first-order chi connectivity index (χ1) is 9.10. The highest BCUT2D eigenvalue weighted by molar-refractivity contribution is 5.82. The van der Waals surface area contributed by atoms with Crippen LogP contribution in [-0.2, 0) is 33.7 Å². The molecule has 0 bridgehead atoms. The molecule has 0 aliphatic carbocycles. The summed E-state index contributed by atoms with van der Waals surface area (Å²) in [5.74, 6) is -0.243. The van der Waals surface area contributed by atoms with Gasteiger partial charge in [-0.3, -0.25) is 14.3 Å². The molecule has 1 aromatic heterocycles. The van der Waals surface area contributed by atoms with Crippen LogP contribution in [0, 0.1) is 0 Å². The van der Waals surface area contributed by atoms with Crippen LogP contribution < -0.4 is 0 Å². The van der Waals surface area contributed by atoms with Crippen LogP contribution >= 0.6 is 0 Å². The van der Waals surface area contributed by atoms with Crippen molar-refractivity contribution in [2.24, 2.45) is 0 Å². The monoisotopic (exact) mass is 266 g/mol. The molecule has 0 spiro atoms. The molecule has 1 aromatic rings. The number of hydrogen-bond acceptors (Lipinski definition) is 4. The Morgan fingerprint density at radius 3 is 2.58 bits per heavy atom. The van der Waals surface area contributed by atoms with Gasteiger partial charge in [-0.25, -0.2) is 0 Å². The van der Waals surface area contributed by atoms with Gasteiger partial charge in [-0.05, 0) is 25.8 Å². The molecule has 0 saturated carbocycles. The molecule has 0 aromatic carbocycles. The molecule has 1 rings (SSSR count).